The van der Waals surface area contributed by atoms with Gasteiger partial charge in [-0.15, -0.1) is 0 Å². The van der Waals surface area contributed by atoms with Crippen LogP contribution in [0.3, 0.4) is 0 Å². The maximum atomic E-state index is 14.0. The Morgan fingerprint density at radius 3 is 2.56 bits per heavy atom. The average molecular weight is 415 g/mol. The number of amides is 2. The summed E-state index contributed by atoms with van der Waals surface area (Å²) in [5.74, 6) is -2.50. The van der Waals surface area contributed by atoms with Crippen molar-refractivity contribution in [1.29, 1.82) is 0 Å². The Morgan fingerprint density at radius 1 is 1.40 bits per heavy atom. The lowest BCUT2D eigenvalue weighted by Gasteiger charge is -2.25. The number of primary amides is 1. The molecule has 0 aromatic heterocycles. The normalized spacial score (nSPS) is 15.1. The summed E-state index contributed by atoms with van der Waals surface area (Å²) in [6.07, 6.45) is -0.0577. The minimum absolute atomic E-state index is 0.0171. The molecule has 0 bridgehead atoms. The molecule has 136 valence electrons. The smallest absolute Gasteiger partial charge is 0.306 e. The van der Waals surface area contributed by atoms with Gasteiger partial charge in [0.1, 0.15) is 17.5 Å². The monoisotopic (exact) mass is 414 g/mol. The third kappa shape index (κ3) is 4.36. The highest BCUT2D eigenvalue weighted by Crippen LogP contribution is 2.33. The van der Waals surface area contributed by atoms with Crippen molar-refractivity contribution in [2.45, 2.75) is 51.8 Å². The Morgan fingerprint density at radius 2 is 2.04 bits per heavy atom. The predicted molar refractivity (Wildman–Crippen MR) is 92.0 cm³/mol. The van der Waals surface area contributed by atoms with Gasteiger partial charge in [-0.1, -0.05) is 15.9 Å². The zero-order valence-electron chi connectivity index (χ0n) is 14.3. The molecule has 0 aliphatic carbocycles. The lowest BCUT2D eigenvalue weighted by Crippen LogP contribution is -2.45. The second-order valence-electron chi connectivity index (χ2n) is 6.86. The van der Waals surface area contributed by atoms with Crippen LogP contribution < -0.4 is 5.73 Å². The van der Waals surface area contributed by atoms with Crippen molar-refractivity contribution < 1.29 is 23.5 Å². The molecule has 1 aromatic carbocycles. The van der Waals surface area contributed by atoms with E-state index in [0.717, 1.165) is 0 Å². The Hall–Kier alpha value is -1.96. The van der Waals surface area contributed by atoms with E-state index in [4.69, 9.17) is 10.5 Å². The average Bonchev–Trinajstić information content (AvgIpc) is 2.80. The van der Waals surface area contributed by atoms with Gasteiger partial charge in [-0.2, -0.15) is 0 Å². The van der Waals surface area contributed by atoms with Gasteiger partial charge in [0.2, 0.25) is 5.91 Å². The fraction of sp³-hybridized carbons (Fsp3) is 0.471. The van der Waals surface area contributed by atoms with Gasteiger partial charge in [-0.25, -0.2) is 4.39 Å². The fourth-order valence-electron chi connectivity index (χ4n) is 2.72. The minimum atomic E-state index is -1.02. The molecule has 25 heavy (non-hydrogen) atoms. The van der Waals surface area contributed by atoms with Crippen LogP contribution in [0.15, 0.2) is 16.6 Å². The molecule has 1 aliphatic heterocycles. The van der Waals surface area contributed by atoms with Gasteiger partial charge in [-0.3, -0.25) is 14.4 Å². The second kappa shape index (κ2) is 7.11. The van der Waals surface area contributed by atoms with Crippen molar-refractivity contribution >= 4 is 33.7 Å². The lowest BCUT2D eigenvalue weighted by molar-refractivity contribution is -0.155. The molecular formula is C17H20BrFN2O4. The summed E-state index contributed by atoms with van der Waals surface area (Å²) < 4.78 is 19.8. The summed E-state index contributed by atoms with van der Waals surface area (Å²) in [7, 11) is 0. The molecule has 2 rings (SSSR count). The molecule has 2 N–H and O–H groups in total. The molecule has 6 nitrogen and oxygen atoms in total. The number of esters is 1. The summed E-state index contributed by atoms with van der Waals surface area (Å²) in [5, 5.41) is 0. The predicted octanol–water partition coefficient (Wildman–Crippen LogP) is 2.52. The molecule has 1 atom stereocenters. The molecule has 1 aromatic rings. The van der Waals surface area contributed by atoms with E-state index in [0.29, 0.717) is 10.0 Å². The number of hydrogen-bond donors (Lipinski definition) is 1. The number of ether oxygens (including phenoxy) is 1. The molecule has 8 heteroatoms. The molecule has 0 saturated heterocycles. The van der Waals surface area contributed by atoms with Crippen LogP contribution >= 0.6 is 15.9 Å². The van der Waals surface area contributed by atoms with E-state index in [1.807, 2.05) is 0 Å². The first-order chi connectivity index (χ1) is 11.5. The van der Waals surface area contributed by atoms with Crippen LogP contribution in [-0.4, -0.2) is 34.3 Å². The SMILES string of the molecule is CC(C)(C)OC(=O)CC[C@@H](C(N)=O)N1Cc2c(Br)ccc(F)c2C1=O. The fourth-order valence-corrected chi connectivity index (χ4v) is 3.17. The number of rotatable bonds is 5. The molecule has 0 saturated carbocycles. The molecule has 1 heterocycles. The zero-order chi connectivity index (χ0) is 18.9. The van der Waals surface area contributed by atoms with Crippen LogP contribution in [0.1, 0.15) is 49.5 Å². The van der Waals surface area contributed by atoms with Crippen molar-refractivity contribution in [1.82, 2.24) is 4.90 Å². The third-order valence-corrected chi connectivity index (χ3v) is 4.50. The van der Waals surface area contributed by atoms with Gasteiger partial charge >= 0.3 is 5.97 Å². The minimum Gasteiger partial charge on any atom is -0.460 e. The van der Waals surface area contributed by atoms with Crippen LogP contribution in [-0.2, 0) is 20.9 Å². The number of hydrogen-bond acceptors (Lipinski definition) is 4. The number of fused-ring (bicyclic) bond motifs is 1. The Balaban J connectivity index is 2.16. The number of carbonyl (C=O) groups is 3. The molecule has 1 aliphatic rings. The van der Waals surface area contributed by atoms with E-state index in [2.05, 4.69) is 15.9 Å². The topological polar surface area (TPSA) is 89.7 Å². The third-order valence-electron chi connectivity index (χ3n) is 3.75. The highest BCUT2D eigenvalue weighted by atomic mass is 79.9. The summed E-state index contributed by atoms with van der Waals surface area (Å²) in [5.41, 5.74) is 5.16. The van der Waals surface area contributed by atoms with Crippen LogP contribution in [0.4, 0.5) is 4.39 Å². The van der Waals surface area contributed by atoms with Crippen molar-refractivity contribution in [2.24, 2.45) is 5.73 Å². The van der Waals surface area contributed by atoms with Gasteiger partial charge in [0.05, 0.1) is 5.56 Å². The summed E-state index contributed by atoms with van der Waals surface area (Å²) in [4.78, 5) is 37.4. The summed E-state index contributed by atoms with van der Waals surface area (Å²) in [6.45, 7) is 5.25. The van der Waals surface area contributed by atoms with Crippen LogP contribution in [0.2, 0.25) is 0 Å². The van der Waals surface area contributed by atoms with Crippen molar-refractivity contribution in [3.8, 4) is 0 Å². The summed E-state index contributed by atoms with van der Waals surface area (Å²) in [6, 6.07) is 1.67. The lowest BCUT2D eigenvalue weighted by atomic mass is 10.1. The van der Waals surface area contributed by atoms with Gasteiger partial charge < -0.3 is 15.4 Å². The van der Waals surface area contributed by atoms with Crippen molar-refractivity contribution in [2.75, 3.05) is 0 Å². The Kier molecular flexibility index (Phi) is 5.51. The van der Waals surface area contributed by atoms with E-state index in [-0.39, 0.29) is 24.9 Å². The summed E-state index contributed by atoms with van der Waals surface area (Å²) >= 11 is 3.28. The first-order valence-corrected chi connectivity index (χ1v) is 8.59. The Labute approximate surface area is 153 Å². The van der Waals surface area contributed by atoms with Crippen LogP contribution in [0.5, 0.6) is 0 Å². The van der Waals surface area contributed by atoms with Gasteiger partial charge in [0.25, 0.3) is 5.91 Å². The number of carbonyl (C=O) groups excluding carboxylic acids is 3. The molecule has 0 fully saturated rings. The first-order valence-electron chi connectivity index (χ1n) is 7.80. The highest BCUT2D eigenvalue weighted by Gasteiger charge is 2.38. The number of nitrogens with two attached hydrogens (primary N) is 1. The van der Waals surface area contributed by atoms with E-state index in [1.54, 1.807) is 20.8 Å². The highest BCUT2D eigenvalue weighted by molar-refractivity contribution is 9.10. The van der Waals surface area contributed by atoms with Gasteiger partial charge in [0.15, 0.2) is 0 Å². The second-order valence-corrected chi connectivity index (χ2v) is 7.71. The largest absolute Gasteiger partial charge is 0.460 e. The van der Waals surface area contributed by atoms with Gasteiger partial charge in [0, 0.05) is 23.0 Å². The molecule has 0 radical (unpaired) electrons. The Bertz CT molecular complexity index is 730. The van der Waals surface area contributed by atoms with E-state index in [9.17, 15) is 18.8 Å². The first kappa shape index (κ1) is 19.4. The molecule has 0 unspecified atom stereocenters. The maximum Gasteiger partial charge on any atom is 0.306 e. The number of benzene rings is 1. The quantitative estimate of drug-likeness (QED) is 0.749. The number of nitrogens with zero attached hydrogens (tertiary/aromatic N) is 1. The zero-order valence-corrected chi connectivity index (χ0v) is 15.9. The van der Waals surface area contributed by atoms with E-state index >= 15 is 0 Å². The van der Waals surface area contributed by atoms with Crippen molar-refractivity contribution in [3.05, 3.63) is 33.5 Å². The van der Waals surface area contributed by atoms with Crippen molar-refractivity contribution in [3.63, 3.8) is 0 Å². The molecule has 2 amide bonds. The standard InChI is InChI=1S/C17H20BrFN2O4/c1-17(2,3)25-13(22)7-6-12(15(20)23)21-8-9-10(18)4-5-11(19)14(9)16(21)24/h4-5,12H,6-8H2,1-3H3,(H2,20,23)/t12-/m0/s1. The van der Waals surface area contributed by atoms with Crippen LogP contribution in [0, 0.1) is 5.82 Å². The van der Waals surface area contributed by atoms with E-state index < -0.39 is 35.2 Å². The molecule has 0 spiro atoms. The number of halogens is 2. The van der Waals surface area contributed by atoms with Crippen LogP contribution in [0.25, 0.3) is 0 Å². The van der Waals surface area contributed by atoms with E-state index in [1.165, 1.54) is 17.0 Å². The maximum absolute atomic E-state index is 14.0. The van der Waals surface area contributed by atoms with Gasteiger partial charge in [-0.05, 0) is 39.3 Å². The molecular weight excluding hydrogens is 395 g/mol.